The molecule has 0 unspecified atom stereocenters. The van der Waals surface area contributed by atoms with Gasteiger partial charge in [0.2, 0.25) is 0 Å². The van der Waals surface area contributed by atoms with Crippen LogP contribution in [-0.2, 0) is 6.54 Å². The first-order valence-electron chi connectivity index (χ1n) is 7.94. The number of aliphatic hydroxyl groups excluding tert-OH is 1. The maximum atomic E-state index is 10.3. The molecule has 5 nitrogen and oxygen atoms in total. The van der Waals surface area contributed by atoms with Crippen LogP contribution in [0.3, 0.4) is 0 Å². The van der Waals surface area contributed by atoms with E-state index >= 15 is 0 Å². The number of fused-ring (bicyclic) bond motifs is 1. The normalized spacial score (nSPS) is 12.3. The fourth-order valence-corrected chi connectivity index (χ4v) is 2.66. The summed E-state index contributed by atoms with van der Waals surface area (Å²) in [5.74, 6) is 1.28. The molecule has 0 aliphatic heterocycles. The predicted octanol–water partition coefficient (Wildman–Crippen LogP) is 3.10. The van der Waals surface area contributed by atoms with Crippen molar-refractivity contribution in [1.29, 1.82) is 0 Å². The van der Waals surface area contributed by atoms with Gasteiger partial charge in [0, 0.05) is 0 Å². The lowest BCUT2D eigenvalue weighted by Gasteiger charge is -2.15. The summed E-state index contributed by atoms with van der Waals surface area (Å²) in [4.78, 5) is 4.41. The average molecular weight is 326 g/mol. The van der Waals surface area contributed by atoms with Gasteiger partial charge >= 0.3 is 0 Å². The summed E-state index contributed by atoms with van der Waals surface area (Å²) in [6.07, 6.45) is 1.12. The molecule has 2 aromatic carbocycles. The van der Waals surface area contributed by atoms with Crippen molar-refractivity contribution in [3.63, 3.8) is 0 Å². The minimum absolute atomic E-state index is 0.185. The molecule has 0 fully saturated rings. The van der Waals surface area contributed by atoms with Crippen molar-refractivity contribution in [3.05, 3.63) is 53.9 Å². The van der Waals surface area contributed by atoms with Gasteiger partial charge in [-0.2, -0.15) is 0 Å². The van der Waals surface area contributed by atoms with Crippen molar-refractivity contribution in [3.8, 4) is 11.5 Å². The molecular weight excluding hydrogens is 304 g/mol. The van der Waals surface area contributed by atoms with E-state index in [1.54, 1.807) is 13.4 Å². The lowest BCUT2D eigenvalue weighted by Crippen LogP contribution is -2.23. The SMILES string of the molecule is COc1ccccc1OC[C@H](O)Cn1cnc2cc(C)c(C)cc21. The number of methoxy groups -OCH3 is 1. The van der Waals surface area contributed by atoms with E-state index in [1.165, 1.54) is 11.1 Å². The van der Waals surface area contributed by atoms with Crippen LogP contribution in [0.25, 0.3) is 11.0 Å². The maximum absolute atomic E-state index is 10.3. The molecule has 0 saturated carbocycles. The van der Waals surface area contributed by atoms with E-state index in [2.05, 4.69) is 31.0 Å². The minimum Gasteiger partial charge on any atom is -0.493 e. The van der Waals surface area contributed by atoms with E-state index in [0.29, 0.717) is 18.0 Å². The molecule has 0 aliphatic carbocycles. The van der Waals surface area contributed by atoms with Gasteiger partial charge in [-0.1, -0.05) is 12.1 Å². The Kier molecular flexibility index (Phi) is 4.71. The quantitative estimate of drug-likeness (QED) is 0.756. The molecule has 126 valence electrons. The molecule has 5 heteroatoms. The van der Waals surface area contributed by atoms with Crippen LogP contribution in [0.4, 0.5) is 0 Å². The number of aryl methyl sites for hydroxylation is 2. The highest BCUT2D eigenvalue weighted by Crippen LogP contribution is 2.26. The van der Waals surface area contributed by atoms with E-state index in [4.69, 9.17) is 9.47 Å². The number of rotatable bonds is 6. The number of aliphatic hydroxyl groups is 1. The third kappa shape index (κ3) is 3.36. The Morgan fingerprint density at radius 2 is 1.83 bits per heavy atom. The smallest absolute Gasteiger partial charge is 0.161 e. The summed E-state index contributed by atoms with van der Waals surface area (Å²) < 4.78 is 12.9. The molecule has 0 saturated heterocycles. The zero-order valence-electron chi connectivity index (χ0n) is 14.2. The van der Waals surface area contributed by atoms with E-state index in [-0.39, 0.29) is 6.61 Å². The number of imidazole rings is 1. The van der Waals surface area contributed by atoms with Gasteiger partial charge in [0.15, 0.2) is 11.5 Å². The van der Waals surface area contributed by atoms with Crippen molar-refractivity contribution in [2.24, 2.45) is 0 Å². The molecular formula is C19H22N2O3. The molecule has 3 aromatic rings. The van der Waals surface area contributed by atoms with Crippen LogP contribution in [0.5, 0.6) is 11.5 Å². The molecule has 1 N–H and O–H groups in total. The number of nitrogens with zero attached hydrogens (tertiary/aromatic N) is 2. The van der Waals surface area contributed by atoms with Crippen LogP contribution in [0, 0.1) is 13.8 Å². The van der Waals surface area contributed by atoms with Gasteiger partial charge in [0.1, 0.15) is 12.7 Å². The van der Waals surface area contributed by atoms with Gasteiger partial charge in [0.05, 0.1) is 31.0 Å². The molecule has 0 spiro atoms. The van der Waals surface area contributed by atoms with Gasteiger partial charge in [0.25, 0.3) is 0 Å². The number of benzene rings is 2. The van der Waals surface area contributed by atoms with Gasteiger partial charge in [-0.15, -0.1) is 0 Å². The Morgan fingerprint density at radius 3 is 2.58 bits per heavy atom. The number of hydrogen-bond donors (Lipinski definition) is 1. The lowest BCUT2D eigenvalue weighted by atomic mass is 10.1. The van der Waals surface area contributed by atoms with E-state index < -0.39 is 6.10 Å². The molecule has 1 atom stereocenters. The standard InChI is InChI=1S/C19H22N2O3/c1-13-8-16-17(9-14(13)2)21(12-20-16)10-15(22)11-24-19-7-5-4-6-18(19)23-3/h4-9,12,15,22H,10-11H2,1-3H3/t15-/m1/s1. The average Bonchev–Trinajstić information content (AvgIpc) is 2.95. The third-order valence-corrected chi connectivity index (χ3v) is 4.14. The maximum Gasteiger partial charge on any atom is 0.161 e. The molecule has 0 radical (unpaired) electrons. The van der Waals surface area contributed by atoms with Gasteiger partial charge in [-0.25, -0.2) is 4.98 Å². The van der Waals surface area contributed by atoms with Gasteiger partial charge in [-0.05, 0) is 49.2 Å². The van der Waals surface area contributed by atoms with Crippen LogP contribution in [-0.4, -0.2) is 34.5 Å². The highest BCUT2D eigenvalue weighted by atomic mass is 16.5. The Bertz CT molecular complexity index is 842. The topological polar surface area (TPSA) is 56.5 Å². The second-order valence-electron chi connectivity index (χ2n) is 5.94. The number of para-hydroxylation sites is 2. The van der Waals surface area contributed by atoms with Crippen LogP contribution < -0.4 is 9.47 Å². The summed E-state index contributed by atoms with van der Waals surface area (Å²) in [7, 11) is 1.60. The fraction of sp³-hybridized carbons (Fsp3) is 0.316. The van der Waals surface area contributed by atoms with E-state index in [0.717, 1.165) is 11.0 Å². The van der Waals surface area contributed by atoms with Crippen molar-refractivity contribution >= 4 is 11.0 Å². The number of hydrogen-bond acceptors (Lipinski definition) is 4. The molecule has 0 amide bonds. The van der Waals surface area contributed by atoms with Crippen LogP contribution in [0.15, 0.2) is 42.7 Å². The summed E-state index contributed by atoms with van der Waals surface area (Å²) >= 11 is 0. The first-order chi connectivity index (χ1) is 11.6. The molecule has 0 aliphatic rings. The minimum atomic E-state index is -0.645. The molecule has 1 heterocycles. The molecule has 1 aromatic heterocycles. The monoisotopic (exact) mass is 326 g/mol. The second kappa shape index (κ2) is 6.93. The van der Waals surface area contributed by atoms with E-state index in [1.807, 2.05) is 28.8 Å². The third-order valence-electron chi connectivity index (χ3n) is 4.14. The predicted molar refractivity (Wildman–Crippen MR) is 93.7 cm³/mol. The number of ether oxygens (including phenoxy) is 2. The Hall–Kier alpha value is -2.53. The Morgan fingerprint density at radius 1 is 1.12 bits per heavy atom. The molecule has 3 rings (SSSR count). The lowest BCUT2D eigenvalue weighted by molar-refractivity contribution is 0.0919. The molecule has 24 heavy (non-hydrogen) atoms. The van der Waals surface area contributed by atoms with Gasteiger partial charge in [-0.3, -0.25) is 0 Å². The summed E-state index contributed by atoms with van der Waals surface area (Å²) in [5, 5.41) is 10.3. The Labute approximate surface area is 141 Å². The zero-order chi connectivity index (χ0) is 17.1. The molecule has 0 bridgehead atoms. The first-order valence-corrected chi connectivity index (χ1v) is 7.94. The number of aromatic nitrogens is 2. The fourth-order valence-electron chi connectivity index (χ4n) is 2.66. The zero-order valence-corrected chi connectivity index (χ0v) is 14.2. The summed E-state index contributed by atoms with van der Waals surface area (Å²) in [5.41, 5.74) is 4.39. The van der Waals surface area contributed by atoms with E-state index in [9.17, 15) is 5.11 Å². The van der Waals surface area contributed by atoms with Crippen molar-refractivity contribution in [1.82, 2.24) is 9.55 Å². The van der Waals surface area contributed by atoms with Gasteiger partial charge < -0.3 is 19.1 Å². The van der Waals surface area contributed by atoms with Crippen LogP contribution >= 0.6 is 0 Å². The van der Waals surface area contributed by atoms with Crippen LogP contribution in [0.2, 0.25) is 0 Å². The highest BCUT2D eigenvalue weighted by Gasteiger charge is 2.12. The van der Waals surface area contributed by atoms with Crippen molar-refractivity contribution < 1.29 is 14.6 Å². The Balaban J connectivity index is 1.69. The summed E-state index contributed by atoms with van der Waals surface area (Å²) in [6, 6.07) is 11.6. The van der Waals surface area contributed by atoms with Crippen molar-refractivity contribution in [2.45, 2.75) is 26.5 Å². The second-order valence-corrected chi connectivity index (χ2v) is 5.94. The highest BCUT2D eigenvalue weighted by molar-refractivity contribution is 5.77. The summed E-state index contributed by atoms with van der Waals surface area (Å²) in [6.45, 7) is 4.76. The largest absolute Gasteiger partial charge is 0.493 e. The van der Waals surface area contributed by atoms with Crippen molar-refractivity contribution in [2.75, 3.05) is 13.7 Å². The first kappa shape index (κ1) is 16.3. The van der Waals surface area contributed by atoms with Crippen LogP contribution in [0.1, 0.15) is 11.1 Å².